The van der Waals surface area contributed by atoms with Crippen LogP contribution in [0, 0.1) is 0 Å². The monoisotopic (exact) mass is 418 g/mol. The van der Waals surface area contributed by atoms with Crippen molar-refractivity contribution in [3.63, 3.8) is 0 Å². The van der Waals surface area contributed by atoms with Gasteiger partial charge in [0.25, 0.3) is 6.01 Å². The van der Waals surface area contributed by atoms with Crippen molar-refractivity contribution in [3.8, 4) is 0 Å². The summed E-state index contributed by atoms with van der Waals surface area (Å²) in [6.45, 7) is 3.81. The van der Waals surface area contributed by atoms with Crippen LogP contribution in [0.25, 0.3) is 11.1 Å². The third kappa shape index (κ3) is 4.59. The summed E-state index contributed by atoms with van der Waals surface area (Å²) in [4.78, 5) is 22.4. The van der Waals surface area contributed by atoms with Crippen LogP contribution < -0.4 is 10.2 Å². The highest BCUT2D eigenvalue weighted by Gasteiger charge is 2.33. The lowest BCUT2D eigenvalue weighted by Gasteiger charge is -2.36. The number of hydrogen-bond donors (Lipinski definition) is 1. The first-order valence-corrected chi connectivity index (χ1v) is 11.4. The lowest BCUT2D eigenvalue weighted by Crippen LogP contribution is -2.53. The van der Waals surface area contributed by atoms with Gasteiger partial charge in [0.2, 0.25) is 5.91 Å². The zero-order valence-electron chi connectivity index (χ0n) is 17.9. The standard InChI is InChI=1S/C25H30N4O2/c30-24(26-20-13-16-28(17-14-20)18-19-8-2-1-3-9-19)22-11-6-7-15-29(22)25-27-21-10-4-5-12-23(21)31-25/h1-5,8-10,12,20,22H,6-7,11,13-18H2,(H,26,30)/t22-/m0/s1. The fourth-order valence-electron chi connectivity index (χ4n) is 4.79. The minimum Gasteiger partial charge on any atom is -0.423 e. The lowest BCUT2D eigenvalue weighted by molar-refractivity contribution is -0.124. The van der Waals surface area contributed by atoms with Crippen LogP contribution >= 0.6 is 0 Å². The van der Waals surface area contributed by atoms with Crippen LogP contribution in [0.3, 0.4) is 0 Å². The molecule has 0 radical (unpaired) electrons. The quantitative estimate of drug-likeness (QED) is 0.679. The zero-order valence-corrected chi connectivity index (χ0v) is 17.9. The number of rotatable bonds is 5. The average molecular weight is 419 g/mol. The van der Waals surface area contributed by atoms with Crippen molar-refractivity contribution >= 4 is 23.0 Å². The summed E-state index contributed by atoms with van der Waals surface area (Å²) in [6, 6.07) is 19.0. The molecule has 162 valence electrons. The van der Waals surface area contributed by atoms with Crippen LogP contribution in [-0.2, 0) is 11.3 Å². The zero-order chi connectivity index (χ0) is 21.0. The highest BCUT2D eigenvalue weighted by molar-refractivity contribution is 5.85. The van der Waals surface area contributed by atoms with Crippen LogP contribution in [0.4, 0.5) is 6.01 Å². The Labute approximate surface area is 183 Å². The molecule has 0 spiro atoms. The molecule has 5 rings (SSSR count). The first-order valence-electron chi connectivity index (χ1n) is 11.4. The van der Waals surface area contributed by atoms with Crippen molar-refractivity contribution in [1.29, 1.82) is 0 Å². The summed E-state index contributed by atoms with van der Waals surface area (Å²) in [6.07, 6.45) is 4.95. The van der Waals surface area contributed by atoms with Gasteiger partial charge in [-0.25, -0.2) is 0 Å². The Bertz CT molecular complexity index is 978. The molecular formula is C25H30N4O2. The lowest BCUT2D eigenvalue weighted by atomic mass is 9.99. The maximum absolute atomic E-state index is 13.2. The van der Waals surface area contributed by atoms with E-state index in [0.29, 0.717) is 6.01 Å². The maximum Gasteiger partial charge on any atom is 0.299 e. The van der Waals surface area contributed by atoms with E-state index in [0.717, 1.165) is 69.4 Å². The summed E-state index contributed by atoms with van der Waals surface area (Å²) in [5, 5.41) is 3.33. The van der Waals surface area contributed by atoms with Gasteiger partial charge in [-0.1, -0.05) is 42.5 Å². The van der Waals surface area contributed by atoms with Gasteiger partial charge in [-0.15, -0.1) is 0 Å². The fourth-order valence-corrected chi connectivity index (χ4v) is 4.79. The van der Waals surface area contributed by atoms with Crippen LogP contribution in [-0.4, -0.2) is 47.5 Å². The molecule has 1 N–H and O–H groups in total. The SMILES string of the molecule is O=C(NC1CCN(Cc2ccccc2)CC1)[C@@H]1CCCCN1c1nc2ccccc2o1. The van der Waals surface area contributed by atoms with Crippen molar-refractivity contribution in [1.82, 2.24) is 15.2 Å². The molecule has 2 aliphatic heterocycles. The summed E-state index contributed by atoms with van der Waals surface area (Å²) in [7, 11) is 0. The van der Waals surface area contributed by atoms with Crippen LogP contribution in [0.5, 0.6) is 0 Å². The summed E-state index contributed by atoms with van der Waals surface area (Å²) < 4.78 is 5.98. The molecule has 2 aliphatic rings. The number of nitrogens with one attached hydrogen (secondary N) is 1. The van der Waals surface area contributed by atoms with Crippen LogP contribution in [0.1, 0.15) is 37.7 Å². The first-order chi connectivity index (χ1) is 15.3. The Morgan fingerprint density at radius 1 is 0.968 bits per heavy atom. The van der Waals surface area contributed by atoms with E-state index in [1.807, 2.05) is 24.3 Å². The largest absolute Gasteiger partial charge is 0.423 e. The third-order valence-electron chi connectivity index (χ3n) is 6.52. The number of hydrogen-bond acceptors (Lipinski definition) is 5. The van der Waals surface area contributed by atoms with Crippen molar-refractivity contribution in [2.75, 3.05) is 24.5 Å². The Kier molecular flexibility index (Phi) is 5.89. The maximum atomic E-state index is 13.2. The van der Waals surface area contributed by atoms with Gasteiger partial charge in [0.1, 0.15) is 11.6 Å². The van der Waals surface area contributed by atoms with Gasteiger partial charge in [0.05, 0.1) is 0 Å². The highest BCUT2D eigenvalue weighted by Crippen LogP contribution is 2.28. The van der Waals surface area contributed by atoms with Gasteiger partial charge in [0, 0.05) is 32.2 Å². The first kappa shape index (κ1) is 20.1. The number of anilines is 1. The predicted octanol–water partition coefficient (Wildman–Crippen LogP) is 3.97. The molecule has 0 unspecified atom stereocenters. The molecular weight excluding hydrogens is 388 g/mol. The Morgan fingerprint density at radius 2 is 1.74 bits per heavy atom. The van der Waals surface area contributed by atoms with Gasteiger partial charge < -0.3 is 14.6 Å². The van der Waals surface area contributed by atoms with Gasteiger partial charge in [-0.2, -0.15) is 4.98 Å². The number of para-hydroxylation sites is 2. The van der Waals surface area contributed by atoms with Gasteiger partial charge in [0.15, 0.2) is 5.58 Å². The fraction of sp³-hybridized carbons (Fsp3) is 0.440. The van der Waals surface area contributed by atoms with E-state index in [-0.39, 0.29) is 18.0 Å². The number of benzene rings is 2. The average Bonchev–Trinajstić information content (AvgIpc) is 3.25. The molecule has 1 aromatic heterocycles. The van der Waals surface area contributed by atoms with Crippen molar-refractivity contribution < 1.29 is 9.21 Å². The predicted molar refractivity (Wildman–Crippen MR) is 122 cm³/mol. The number of aromatic nitrogens is 1. The van der Waals surface area contributed by atoms with Crippen molar-refractivity contribution in [2.24, 2.45) is 0 Å². The molecule has 6 heteroatoms. The summed E-state index contributed by atoms with van der Waals surface area (Å²) >= 11 is 0. The number of amides is 1. The highest BCUT2D eigenvalue weighted by atomic mass is 16.4. The van der Waals surface area contributed by atoms with E-state index in [1.54, 1.807) is 0 Å². The topological polar surface area (TPSA) is 61.6 Å². The van der Waals surface area contributed by atoms with Gasteiger partial charge in [-0.3, -0.25) is 9.69 Å². The van der Waals surface area contributed by atoms with E-state index >= 15 is 0 Å². The number of piperidine rings is 2. The summed E-state index contributed by atoms with van der Waals surface area (Å²) in [5.74, 6) is 0.114. The van der Waals surface area contributed by atoms with Crippen molar-refractivity contribution in [3.05, 3.63) is 60.2 Å². The number of likely N-dealkylation sites (tertiary alicyclic amines) is 1. The van der Waals surface area contributed by atoms with Gasteiger partial charge in [-0.05, 0) is 49.8 Å². The van der Waals surface area contributed by atoms with E-state index in [4.69, 9.17) is 4.42 Å². The van der Waals surface area contributed by atoms with Crippen molar-refractivity contribution in [2.45, 2.75) is 50.7 Å². The van der Waals surface area contributed by atoms with Crippen LogP contribution in [0.15, 0.2) is 59.0 Å². The molecule has 0 bridgehead atoms. The van der Waals surface area contributed by atoms with Gasteiger partial charge >= 0.3 is 0 Å². The molecule has 3 aromatic rings. The molecule has 2 aromatic carbocycles. The summed E-state index contributed by atoms with van der Waals surface area (Å²) in [5.41, 5.74) is 2.96. The van der Waals surface area contributed by atoms with E-state index in [2.05, 4.69) is 50.4 Å². The molecule has 0 saturated carbocycles. The molecule has 1 atom stereocenters. The molecule has 0 aliphatic carbocycles. The molecule has 3 heterocycles. The Hall–Kier alpha value is -2.86. The number of nitrogens with zero attached hydrogens (tertiary/aromatic N) is 3. The smallest absolute Gasteiger partial charge is 0.299 e. The normalized spacial score (nSPS) is 20.8. The molecule has 31 heavy (non-hydrogen) atoms. The second-order valence-electron chi connectivity index (χ2n) is 8.71. The number of carbonyl (C=O) groups excluding carboxylic acids is 1. The second kappa shape index (κ2) is 9.10. The second-order valence-corrected chi connectivity index (χ2v) is 8.71. The Balaban J connectivity index is 1.19. The van der Waals surface area contributed by atoms with Crippen LogP contribution in [0.2, 0.25) is 0 Å². The number of oxazole rings is 1. The minimum atomic E-state index is -0.204. The minimum absolute atomic E-state index is 0.114. The molecule has 2 saturated heterocycles. The number of carbonyl (C=O) groups is 1. The molecule has 6 nitrogen and oxygen atoms in total. The molecule has 2 fully saturated rings. The number of fused-ring (bicyclic) bond motifs is 1. The Morgan fingerprint density at radius 3 is 2.55 bits per heavy atom. The van der Waals surface area contributed by atoms with E-state index in [9.17, 15) is 4.79 Å². The van der Waals surface area contributed by atoms with E-state index < -0.39 is 0 Å². The molecule has 1 amide bonds. The third-order valence-corrected chi connectivity index (χ3v) is 6.52. The van der Waals surface area contributed by atoms with E-state index in [1.165, 1.54) is 5.56 Å².